The van der Waals surface area contributed by atoms with Gasteiger partial charge < -0.3 is 14.5 Å². The highest BCUT2D eigenvalue weighted by molar-refractivity contribution is 6.42. The van der Waals surface area contributed by atoms with E-state index in [1.165, 1.54) is 0 Å². The van der Waals surface area contributed by atoms with Crippen molar-refractivity contribution in [1.29, 1.82) is 0 Å². The molecule has 1 atom stereocenters. The van der Waals surface area contributed by atoms with Gasteiger partial charge in [-0.2, -0.15) is 0 Å². The van der Waals surface area contributed by atoms with Crippen molar-refractivity contribution in [3.8, 4) is 5.75 Å². The zero-order valence-corrected chi connectivity index (χ0v) is 17.7. The van der Waals surface area contributed by atoms with E-state index < -0.39 is 6.10 Å². The summed E-state index contributed by atoms with van der Waals surface area (Å²) in [5.41, 5.74) is 1.02. The monoisotopic (exact) mass is 428 g/mol. The topological polar surface area (TPSA) is 32.8 Å². The summed E-state index contributed by atoms with van der Waals surface area (Å²) in [6.45, 7) is 4.58. The molecular weight excluding hydrogens is 407 g/mol. The quantitative estimate of drug-likeness (QED) is 0.567. The Hall–Kier alpha value is -2.43. The number of anilines is 1. The van der Waals surface area contributed by atoms with Gasteiger partial charge in [0.25, 0.3) is 5.91 Å². The van der Waals surface area contributed by atoms with Crippen LogP contribution in [-0.4, -0.2) is 43.1 Å². The van der Waals surface area contributed by atoms with E-state index in [0.29, 0.717) is 28.9 Å². The van der Waals surface area contributed by atoms with Gasteiger partial charge >= 0.3 is 0 Å². The minimum absolute atomic E-state index is 0.00643. The lowest BCUT2D eigenvalue weighted by molar-refractivity contribution is -0.138. The van der Waals surface area contributed by atoms with Gasteiger partial charge in [0.05, 0.1) is 10.0 Å². The number of benzene rings is 3. The van der Waals surface area contributed by atoms with E-state index in [1.54, 1.807) is 6.07 Å². The van der Waals surface area contributed by atoms with E-state index in [9.17, 15) is 4.79 Å². The highest BCUT2D eigenvalue weighted by Gasteiger charge is 2.26. The molecule has 1 heterocycles. The summed E-state index contributed by atoms with van der Waals surface area (Å²) in [4.78, 5) is 16.9. The first kappa shape index (κ1) is 19.9. The molecule has 1 amide bonds. The molecule has 0 aromatic heterocycles. The normalized spacial score (nSPS) is 15.4. The van der Waals surface area contributed by atoms with E-state index in [4.69, 9.17) is 27.9 Å². The van der Waals surface area contributed by atoms with Crippen molar-refractivity contribution in [3.63, 3.8) is 0 Å². The third-order valence-corrected chi connectivity index (χ3v) is 5.98. The van der Waals surface area contributed by atoms with Gasteiger partial charge in [0, 0.05) is 31.9 Å². The number of carbonyl (C=O) groups excluding carboxylic acids is 1. The van der Waals surface area contributed by atoms with E-state index in [2.05, 4.69) is 11.0 Å². The molecule has 0 spiro atoms. The Kier molecular flexibility index (Phi) is 5.84. The molecule has 4 rings (SSSR count). The molecule has 0 bridgehead atoms. The Bertz CT molecular complexity index is 1030. The molecule has 1 aliphatic heterocycles. The number of carbonyl (C=O) groups is 1. The second-order valence-electron chi connectivity index (χ2n) is 7.18. The average Bonchev–Trinajstić information content (AvgIpc) is 2.75. The summed E-state index contributed by atoms with van der Waals surface area (Å²) in [5.74, 6) is 0.714. The average molecular weight is 429 g/mol. The van der Waals surface area contributed by atoms with Gasteiger partial charge in [-0.25, -0.2) is 0 Å². The molecule has 3 aromatic rings. The maximum atomic E-state index is 12.9. The molecule has 4 nitrogen and oxygen atoms in total. The number of hydrogen-bond donors (Lipinski definition) is 0. The molecular formula is C23H22Cl2N2O2. The maximum Gasteiger partial charge on any atom is 0.263 e. The molecule has 6 heteroatoms. The van der Waals surface area contributed by atoms with Gasteiger partial charge in [-0.3, -0.25) is 4.79 Å². The number of hydrogen-bond acceptors (Lipinski definition) is 3. The third-order valence-electron chi connectivity index (χ3n) is 5.24. The van der Waals surface area contributed by atoms with Crippen LogP contribution < -0.4 is 9.64 Å². The molecule has 0 aliphatic carbocycles. The van der Waals surface area contributed by atoms with Crippen LogP contribution in [0.2, 0.25) is 10.0 Å². The Labute approximate surface area is 180 Å². The highest BCUT2D eigenvalue weighted by atomic mass is 35.5. The lowest BCUT2D eigenvalue weighted by Crippen LogP contribution is -2.52. The summed E-state index contributed by atoms with van der Waals surface area (Å²) in [6, 6.07) is 19.6. The van der Waals surface area contributed by atoms with E-state index in [-0.39, 0.29) is 5.91 Å². The molecule has 150 valence electrons. The summed E-state index contributed by atoms with van der Waals surface area (Å²) in [5, 5.41) is 3.33. The van der Waals surface area contributed by atoms with Gasteiger partial charge in [0.15, 0.2) is 6.10 Å². The lowest BCUT2D eigenvalue weighted by atomic mass is 10.1. The Morgan fingerprint density at radius 2 is 1.62 bits per heavy atom. The first-order chi connectivity index (χ1) is 14.0. The van der Waals surface area contributed by atoms with Gasteiger partial charge in [0.1, 0.15) is 5.75 Å². The van der Waals surface area contributed by atoms with E-state index in [0.717, 1.165) is 29.5 Å². The summed E-state index contributed by atoms with van der Waals surface area (Å²) in [6.07, 6.45) is -0.535. The van der Waals surface area contributed by atoms with Gasteiger partial charge in [-0.15, -0.1) is 0 Å². The van der Waals surface area contributed by atoms with Crippen molar-refractivity contribution in [2.24, 2.45) is 0 Å². The number of halogens is 2. The van der Waals surface area contributed by atoms with Crippen LogP contribution in [0, 0.1) is 0 Å². The Balaban J connectivity index is 1.36. The zero-order chi connectivity index (χ0) is 20.4. The molecule has 0 radical (unpaired) electrons. The summed E-state index contributed by atoms with van der Waals surface area (Å²) in [7, 11) is 0. The second kappa shape index (κ2) is 8.52. The molecule has 3 aromatic carbocycles. The van der Waals surface area contributed by atoms with Crippen LogP contribution in [-0.2, 0) is 4.79 Å². The predicted octanol–water partition coefficient (Wildman–Crippen LogP) is 5.26. The van der Waals surface area contributed by atoms with Crippen LogP contribution in [0.4, 0.5) is 5.69 Å². The SMILES string of the molecule is CC(Oc1ccc2ccccc2c1)C(=O)N1CCN(c2ccc(Cl)c(Cl)c2)CC1. The van der Waals surface area contributed by atoms with E-state index >= 15 is 0 Å². The molecule has 1 unspecified atom stereocenters. The van der Waals surface area contributed by atoms with E-state index in [1.807, 2.05) is 60.4 Å². The first-order valence-electron chi connectivity index (χ1n) is 9.65. The third kappa shape index (κ3) is 4.44. The van der Waals surface area contributed by atoms with Crippen molar-refractivity contribution >= 4 is 45.6 Å². The number of amides is 1. The van der Waals surface area contributed by atoms with Gasteiger partial charge in [-0.05, 0) is 48.0 Å². The summed E-state index contributed by atoms with van der Waals surface area (Å²) >= 11 is 12.1. The number of fused-ring (bicyclic) bond motifs is 1. The fourth-order valence-electron chi connectivity index (χ4n) is 3.62. The van der Waals surface area contributed by atoms with Crippen molar-refractivity contribution in [2.45, 2.75) is 13.0 Å². The first-order valence-corrected chi connectivity index (χ1v) is 10.4. The van der Waals surface area contributed by atoms with Crippen LogP contribution in [0.3, 0.4) is 0 Å². The second-order valence-corrected chi connectivity index (χ2v) is 7.99. The van der Waals surface area contributed by atoms with Crippen LogP contribution >= 0.6 is 23.2 Å². The van der Waals surface area contributed by atoms with Crippen LogP contribution in [0.1, 0.15) is 6.92 Å². The standard InChI is InChI=1S/C23H22Cl2N2O2/c1-16(29-20-8-6-17-4-2-3-5-18(17)14-20)23(28)27-12-10-26(11-13-27)19-7-9-21(24)22(25)15-19/h2-9,14-16H,10-13H2,1H3. The van der Waals surface area contributed by atoms with Gasteiger partial charge in [-0.1, -0.05) is 53.5 Å². The van der Waals surface area contributed by atoms with Crippen LogP contribution in [0.25, 0.3) is 10.8 Å². The zero-order valence-electron chi connectivity index (χ0n) is 16.1. The largest absolute Gasteiger partial charge is 0.481 e. The predicted molar refractivity (Wildman–Crippen MR) is 119 cm³/mol. The molecule has 1 fully saturated rings. The molecule has 29 heavy (non-hydrogen) atoms. The summed E-state index contributed by atoms with van der Waals surface area (Å²) < 4.78 is 5.94. The van der Waals surface area contributed by atoms with Crippen molar-refractivity contribution in [3.05, 3.63) is 70.7 Å². The molecule has 0 saturated carbocycles. The van der Waals surface area contributed by atoms with Crippen molar-refractivity contribution in [1.82, 2.24) is 4.90 Å². The molecule has 0 N–H and O–H groups in total. The number of piperazine rings is 1. The maximum absolute atomic E-state index is 12.9. The minimum Gasteiger partial charge on any atom is -0.481 e. The Morgan fingerprint density at radius 1 is 0.897 bits per heavy atom. The van der Waals surface area contributed by atoms with Crippen molar-refractivity contribution < 1.29 is 9.53 Å². The number of nitrogens with zero attached hydrogens (tertiary/aromatic N) is 2. The van der Waals surface area contributed by atoms with Crippen LogP contribution in [0.15, 0.2) is 60.7 Å². The smallest absolute Gasteiger partial charge is 0.263 e. The molecule has 1 aliphatic rings. The highest BCUT2D eigenvalue weighted by Crippen LogP contribution is 2.28. The Morgan fingerprint density at radius 3 is 2.34 bits per heavy atom. The molecule has 1 saturated heterocycles. The number of rotatable bonds is 4. The number of ether oxygens (including phenoxy) is 1. The van der Waals surface area contributed by atoms with Crippen LogP contribution in [0.5, 0.6) is 5.75 Å². The fourth-order valence-corrected chi connectivity index (χ4v) is 3.91. The minimum atomic E-state index is -0.535. The fraction of sp³-hybridized carbons (Fsp3) is 0.261. The van der Waals surface area contributed by atoms with Gasteiger partial charge in [0.2, 0.25) is 0 Å². The van der Waals surface area contributed by atoms with Crippen molar-refractivity contribution in [2.75, 3.05) is 31.1 Å². The lowest BCUT2D eigenvalue weighted by Gasteiger charge is -2.37.